The summed E-state index contributed by atoms with van der Waals surface area (Å²) in [6.45, 7) is 0.966. The molecule has 9 heteroatoms. The lowest BCUT2D eigenvalue weighted by Gasteiger charge is -2.22. The van der Waals surface area contributed by atoms with Crippen molar-refractivity contribution < 1.29 is 28.5 Å². The molecule has 1 heterocycles. The summed E-state index contributed by atoms with van der Waals surface area (Å²) in [4.78, 5) is 30.4. The Morgan fingerprint density at radius 2 is 1.74 bits per heavy atom. The van der Waals surface area contributed by atoms with Gasteiger partial charge in [-0.25, -0.2) is 9.78 Å². The van der Waals surface area contributed by atoms with Crippen LogP contribution in [0.25, 0.3) is 0 Å². The van der Waals surface area contributed by atoms with Gasteiger partial charge >= 0.3 is 5.97 Å². The molecule has 0 saturated heterocycles. The van der Waals surface area contributed by atoms with Crippen molar-refractivity contribution in [1.29, 1.82) is 0 Å². The van der Waals surface area contributed by atoms with Gasteiger partial charge in [-0.05, 0) is 12.1 Å². The van der Waals surface area contributed by atoms with E-state index in [9.17, 15) is 9.59 Å². The minimum atomic E-state index is -0.509. The van der Waals surface area contributed by atoms with Gasteiger partial charge in [-0.2, -0.15) is 0 Å². The fraction of sp³-hybridized carbons (Fsp3) is 0.389. The summed E-state index contributed by atoms with van der Waals surface area (Å²) >= 11 is 1.29. The normalized spacial score (nSPS) is 10.4. The van der Waals surface area contributed by atoms with Gasteiger partial charge in [0.1, 0.15) is 16.5 Å². The molecule has 1 aromatic carbocycles. The van der Waals surface area contributed by atoms with Gasteiger partial charge in [-0.3, -0.25) is 4.79 Å². The molecule has 0 aliphatic rings. The lowest BCUT2D eigenvalue weighted by atomic mass is 10.1. The third-order valence-electron chi connectivity index (χ3n) is 3.72. The second kappa shape index (κ2) is 9.89. The molecule has 146 valence electrons. The Labute approximate surface area is 161 Å². The minimum absolute atomic E-state index is 0.222. The molecule has 0 aliphatic heterocycles. The smallest absolute Gasteiger partial charge is 0.357 e. The maximum absolute atomic E-state index is 13.0. The summed E-state index contributed by atoms with van der Waals surface area (Å²) in [7, 11) is 5.91. The van der Waals surface area contributed by atoms with Crippen molar-refractivity contribution in [2.45, 2.75) is 6.54 Å². The van der Waals surface area contributed by atoms with Gasteiger partial charge in [0.15, 0.2) is 5.69 Å². The van der Waals surface area contributed by atoms with Crippen LogP contribution in [-0.4, -0.2) is 63.4 Å². The zero-order chi connectivity index (χ0) is 19.8. The predicted molar refractivity (Wildman–Crippen MR) is 99.6 cm³/mol. The summed E-state index contributed by atoms with van der Waals surface area (Å²) in [6.07, 6.45) is 0. The number of nitrogens with zero attached hydrogens (tertiary/aromatic N) is 2. The second-order valence-corrected chi connectivity index (χ2v) is 6.38. The van der Waals surface area contributed by atoms with Gasteiger partial charge in [0.05, 0.1) is 34.5 Å². The number of carbonyl (C=O) groups excluding carboxylic acids is 2. The number of thiazole rings is 1. The number of methoxy groups -OCH3 is 4. The molecule has 27 heavy (non-hydrogen) atoms. The standard InChI is InChI=1S/C18H22N2O6S/c1-23-6-5-20(10-16-19-15(11-27-16)18(22)26-4)17(21)12-7-13(24-2)9-14(8-12)25-3/h7-9,11H,5-6,10H2,1-4H3. The van der Waals surface area contributed by atoms with E-state index in [1.54, 1.807) is 35.6 Å². The Hall–Kier alpha value is -2.65. The van der Waals surface area contributed by atoms with Crippen LogP contribution in [0.3, 0.4) is 0 Å². The summed E-state index contributed by atoms with van der Waals surface area (Å²) in [5, 5.41) is 2.23. The molecule has 0 atom stereocenters. The van der Waals surface area contributed by atoms with E-state index in [0.717, 1.165) is 0 Å². The Kier molecular flexibility index (Phi) is 7.56. The number of esters is 1. The van der Waals surface area contributed by atoms with E-state index >= 15 is 0 Å². The molecule has 0 radical (unpaired) electrons. The number of hydrogen-bond acceptors (Lipinski definition) is 8. The van der Waals surface area contributed by atoms with Gasteiger partial charge in [0.25, 0.3) is 5.91 Å². The van der Waals surface area contributed by atoms with Crippen molar-refractivity contribution in [2.24, 2.45) is 0 Å². The molecule has 0 saturated carbocycles. The van der Waals surface area contributed by atoms with Gasteiger partial charge in [0.2, 0.25) is 0 Å². The summed E-state index contributed by atoms with van der Waals surface area (Å²) in [5.41, 5.74) is 0.645. The van der Waals surface area contributed by atoms with Crippen LogP contribution in [0, 0.1) is 0 Å². The van der Waals surface area contributed by atoms with Crippen LogP contribution < -0.4 is 9.47 Å². The van der Waals surface area contributed by atoms with Crippen LogP contribution in [0.1, 0.15) is 25.9 Å². The molecule has 1 amide bonds. The molecular weight excluding hydrogens is 372 g/mol. The Bertz CT molecular complexity index is 770. The quantitative estimate of drug-likeness (QED) is 0.603. The lowest BCUT2D eigenvalue weighted by Crippen LogP contribution is -2.33. The fourth-order valence-electron chi connectivity index (χ4n) is 2.31. The molecule has 2 rings (SSSR count). The molecule has 0 unspecified atom stereocenters. The predicted octanol–water partition coefficient (Wildman–Crippen LogP) is 2.24. The van der Waals surface area contributed by atoms with E-state index in [4.69, 9.17) is 14.2 Å². The van der Waals surface area contributed by atoms with Crippen LogP contribution in [0.2, 0.25) is 0 Å². The average molecular weight is 394 g/mol. The topological polar surface area (TPSA) is 87.2 Å². The van der Waals surface area contributed by atoms with Gasteiger partial charge < -0.3 is 23.8 Å². The zero-order valence-electron chi connectivity index (χ0n) is 15.7. The van der Waals surface area contributed by atoms with Crippen molar-refractivity contribution in [2.75, 3.05) is 41.6 Å². The summed E-state index contributed by atoms with van der Waals surface area (Å²) in [6, 6.07) is 4.98. The molecule has 2 aromatic rings. The monoisotopic (exact) mass is 394 g/mol. The minimum Gasteiger partial charge on any atom is -0.497 e. The number of carbonyl (C=O) groups is 2. The first kappa shape index (κ1) is 20.7. The lowest BCUT2D eigenvalue weighted by molar-refractivity contribution is 0.0594. The van der Waals surface area contributed by atoms with Crippen molar-refractivity contribution in [3.63, 3.8) is 0 Å². The van der Waals surface area contributed by atoms with Crippen LogP contribution >= 0.6 is 11.3 Å². The van der Waals surface area contributed by atoms with Crippen LogP contribution in [0.15, 0.2) is 23.6 Å². The van der Waals surface area contributed by atoms with Crippen molar-refractivity contribution in [3.8, 4) is 11.5 Å². The van der Waals surface area contributed by atoms with Crippen LogP contribution in [0.5, 0.6) is 11.5 Å². The summed E-state index contributed by atoms with van der Waals surface area (Å²) < 4.78 is 20.2. The highest BCUT2D eigenvalue weighted by Gasteiger charge is 2.20. The Morgan fingerprint density at radius 3 is 2.30 bits per heavy atom. The van der Waals surface area contributed by atoms with E-state index in [-0.39, 0.29) is 18.1 Å². The van der Waals surface area contributed by atoms with E-state index in [1.807, 2.05) is 0 Å². The molecule has 0 bridgehead atoms. The second-order valence-electron chi connectivity index (χ2n) is 5.44. The van der Waals surface area contributed by atoms with Gasteiger partial charge in [0, 0.05) is 30.7 Å². The molecule has 0 aliphatic carbocycles. The van der Waals surface area contributed by atoms with E-state index in [2.05, 4.69) is 9.72 Å². The summed E-state index contributed by atoms with van der Waals surface area (Å²) in [5.74, 6) is 0.308. The van der Waals surface area contributed by atoms with Crippen molar-refractivity contribution in [3.05, 3.63) is 39.8 Å². The Balaban J connectivity index is 2.25. The molecule has 0 fully saturated rings. The number of hydrogen-bond donors (Lipinski definition) is 0. The maximum atomic E-state index is 13.0. The fourth-order valence-corrected chi connectivity index (χ4v) is 3.09. The molecule has 0 N–H and O–H groups in total. The van der Waals surface area contributed by atoms with E-state index in [1.165, 1.54) is 32.7 Å². The molecule has 8 nitrogen and oxygen atoms in total. The first-order valence-electron chi connectivity index (χ1n) is 8.06. The first-order chi connectivity index (χ1) is 13.0. The van der Waals surface area contributed by atoms with Crippen LogP contribution in [-0.2, 0) is 16.0 Å². The van der Waals surface area contributed by atoms with Crippen LogP contribution in [0.4, 0.5) is 0 Å². The third-order valence-corrected chi connectivity index (χ3v) is 4.56. The highest BCUT2D eigenvalue weighted by atomic mass is 32.1. The largest absolute Gasteiger partial charge is 0.497 e. The van der Waals surface area contributed by atoms with E-state index < -0.39 is 5.97 Å². The molecule has 1 aromatic heterocycles. The number of rotatable bonds is 9. The highest BCUT2D eigenvalue weighted by Crippen LogP contribution is 2.24. The molecular formula is C18H22N2O6S. The maximum Gasteiger partial charge on any atom is 0.357 e. The van der Waals surface area contributed by atoms with Gasteiger partial charge in [-0.1, -0.05) is 0 Å². The number of amides is 1. The zero-order valence-corrected chi connectivity index (χ0v) is 16.5. The van der Waals surface area contributed by atoms with Gasteiger partial charge in [-0.15, -0.1) is 11.3 Å². The SMILES string of the molecule is COCCN(Cc1nc(C(=O)OC)cs1)C(=O)c1cc(OC)cc(OC)c1. The average Bonchev–Trinajstić information content (AvgIpc) is 3.17. The number of aromatic nitrogens is 1. The van der Waals surface area contributed by atoms with E-state index in [0.29, 0.717) is 35.2 Å². The number of ether oxygens (including phenoxy) is 4. The Morgan fingerprint density at radius 1 is 1.07 bits per heavy atom. The molecule has 0 spiro atoms. The number of benzene rings is 1. The van der Waals surface area contributed by atoms with Crippen molar-refractivity contribution in [1.82, 2.24) is 9.88 Å². The van der Waals surface area contributed by atoms with Crippen molar-refractivity contribution >= 4 is 23.2 Å². The first-order valence-corrected chi connectivity index (χ1v) is 8.94. The highest BCUT2D eigenvalue weighted by molar-refractivity contribution is 7.09. The third kappa shape index (κ3) is 5.41.